The number of pyridine rings is 1. The fraction of sp³-hybridized carbons (Fsp3) is 0.737. The van der Waals surface area contributed by atoms with E-state index in [2.05, 4.69) is 16.0 Å². The summed E-state index contributed by atoms with van der Waals surface area (Å²) in [5.74, 6) is 0.737. The van der Waals surface area contributed by atoms with E-state index in [0.29, 0.717) is 6.61 Å². The van der Waals surface area contributed by atoms with Gasteiger partial charge in [-0.15, -0.1) is 0 Å². The van der Waals surface area contributed by atoms with Gasteiger partial charge in [-0.05, 0) is 62.7 Å². The average molecular weight is 334 g/mol. The standard InChI is InChI=1S/C19H30N2O3/c22-18(15-24-19-5-10-23-11-6-19)14-21-8-3-16(4-9-21)12-17-2-1-7-20-13-17/h1-2,7,13,16,18-19,22H,3-6,8-12,14-15H2. The molecule has 5 heteroatoms. The number of nitrogens with zero attached hydrogens (tertiary/aromatic N) is 2. The molecule has 0 saturated carbocycles. The second-order valence-electron chi connectivity index (χ2n) is 7.11. The number of hydrogen-bond donors (Lipinski definition) is 1. The van der Waals surface area contributed by atoms with Gasteiger partial charge in [-0.25, -0.2) is 0 Å². The van der Waals surface area contributed by atoms with Crippen LogP contribution in [0.5, 0.6) is 0 Å². The summed E-state index contributed by atoms with van der Waals surface area (Å²) in [6, 6.07) is 4.18. The number of aliphatic hydroxyl groups is 1. The minimum absolute atomic E-state index is 0.263. The third-order valence-electron chi connectivity index (χ3n) is 5.12. The third-order valence-corrected chi connectivity index (χ3v) is 5.12. The zero-order chi connectivity index (χ0) is 16.6. The number of rotatable bonds is 7. The van der Waals surface area contributed by atoms with Crippen LogP contribution in [0.1, 0.15) is 31.2 Å². The molecule has 2 aliphatic rings. The maximum absolute atomic E-state index is 10.2. The van der Waals surface area contributed by atoms with Crippen LogP contribution in [0.4, 0.5) is 0 Å². The van der Waals surface area contributed by atoms with Crippen LogP contribution in [0.3, 0.4) is 0 Å². The summed E-state index contributed by atoms with van der Waals surface area (Å²) in [4.78, 5) is 6.57. The van der Waals surface area contributed by atoms with Crippen molar-refractivity contribution >= 4 is 0 Å². The van der Waals surface area contributed by atoms with Crippen LogP contribution in [0.15, 0.2) is 24.5 Å². The number of likely N-dealkylation sites (tertiary alicyclic amines) is 1. The van der Waals surface area contributed by atoms with Crippen molar-refractivity contribution in [3.05, 3.63) is 30.1 Å². The maximum Gasteiger partial charge on any atom is 0.0900 e. The minimum Gasteiger partial charge on any atom is -0.389 e. The van der Waals surface area contributed by atoms with E-state index in [1.165, 1.54) is 18.4 Å². The van der Waals surface area contributed by atoms with Crippen molar-refractivity contribution in [3.8, 4) is 0 Å². The Kier molecular flexibility index (Phi) is 7.02. The fourth-order valence-electron chi connectivity index (χ4n) is 3.67. The Labute approximate surface area is 145 Å². The van der Waals surface area contributed by atoms with Gasteiger partial charge in [0.2, 0.25) is 0 Å². The van der Waals surface area contributed by atoms with E-state index >= 15 is 0 Å². The first-order chi connectivity index (χ1) is 11.8. The molecule has 1 atom stereocenters. The highest BCUT2D eigenvalue weighted by Crippen LogP contribution is 2.21. The lowest BCUT2D eigenvalue weighted by Gasteiger charge is -2.33. The van der Waals surface area contributed by atoms with Crippen molar-refractivity contribution in [2.45, 2.75) is 44.3 Å². The molecular weight excluding hydrogens is 304 g/mol. The van der Waals surface area contributed by atoms with E-state index in [0.717, 1.165) is 58.0 Å². The number of aliphatic hydroxyl groups excluding tert-OH is 1. The van der Waals surface area contributed by atoms with Crippen molar-refractivity contribution in [1.29, 1.82) is 0 Å². The molecule has 1 N–H and O–H groups in total. The summed E-state index contributed by atoms with van der Waals surface area (Å²) < 4.78 is 11.1. The molecule has 5 nitrogen and oxygen atoms in total. The molecule has 2 fully saturated rings. The number of piperidine rings is 1. The molecule has 1 unspecified atom stereocenters. The molecule has 2 aliphatic heterocycles. The summed E-state index contributed by atoms with van der Waals surface area (Å²) in [7, 11) is 0. The highest BCUT2D eigenvalue weighted by Gasteiger charge is 2.22. The van der Waals surface area contributed by atoms with Gasteiger partial charge in [0.25, 0.3) is 0 Å². The molecule has 3 rings (SSSR count). The Morgan fingerprint density at radius 3 is 2.75 bits per heavy atom. The van der Waals surface area contributed by atoms with E-state index in [4.69, 9.17) is 9.47 Å². The lowest BCUT2D eigenvalue weighted by Crippen LogP contribution is -2.41. The van der Waals surface area contributed by atoms with Gasteiger partial charge >= 0.3 is 0 Å². The van der Waals surface area contributed by atoms with Gasteiger partial charge in [-0.3, -0.25) is 4.98 Å². The Morgan fingerprint density at radius 2 is 2.04 bits per heavy atom. The van der Waals surface area contributed by atoms with Crippen molar-refractivity contribution in [2.24, 2.45) is 5.92 Å². The number of aromatic nitrogens is 1. The highest BCUT2D eigenvalue weighted by atomic mass is 16.5. The summed E-state index contributed by atoms with van der Waals surface area (Å²) in [5.41, 5.74) is 1.33. The van der Waals surface area contributed by atoms with Gasteiger partial charge in [-0.1, -0.05) is 6.07 Å². The lowest BCUT2D eigenvalue weighted by molar-refractivity contribution is -0.0652. The number of hydrogen-bond acceptors (Lipinski definition) is 5. The Balaban J connectivity index is 1.31. The quantitative estimate of drug-likeness (QED) is 0.825. The van der Waals surface area contributed by atoms with Crippen LogP contribution in [0.2, 0.25) is 0 Å². The van der Waals surface area contributed by atoms with Gasteiger partial charge in [0.05, 0.1) is 18.8 Å². The molecule has 1 aromatic rings. The predicted octanol–water partition coefficient (Wildman–Crippen LogP) is 1.89. The zero-order valence-electron chi connectivity index (χ0n) is 14.5. The van der Waals surface area contributed by atoms with E-state index in [-0.39, 0.29) is 12.2 Å². The monoisotopic (exact) mass is 334 g/mol. The number of ether oxygens (including phenoxy) is 2. The Bertz CT molecular complexity index is 457. The molecule has 0 radical (unpaired) electrons. The van der Waals surface area contributed by atoms with Crippen molar-refractivity contribution < 1.29 is 14.6 Å². The Morgan fingerprint density at radius 1 is 1.25 bits per heavy atom. The molecule has 0 bridgehead atoms. The highest BCUT2D eigenvalue weighted by molar-refractivity contribution is 5.09. The second-order valence-corrected chi connectivity index (χ2v) is 7.11. The van der Waals surface area contributed by atoms with Gasteiger partial charge in [0.15, 0.2) is 0 Å². The third kappa shape index (κ3) is 5.81. The van der Waals surface area contributed by atoms with Crippen LogP contribution >= 0.6 is 0 Å². The van der Waals surface area contributed by atoms with Crippen molar-refractivity contribution in [3.63, 3.8) is 0 Å². The molecule has 3 heterocycles. The van der Waals surface area contributed by atoms with Gasteiger partial charge in [0, 0.05) is 32.2 Å². The smallest absolute Gasteiger partial charge is 0.0900 e. The van der Waals surface area contributed by atoms with Crippen LogP contribution in [-0.2, 0) is 15.9 Å². The first kappa shape index (κ1) is 17.8. The van der Waals surface area contributed by atoms with Crippen molar-refractivity contribution in [1.82, 2.24) is 9.88 Å². The fourth-order valence-corrected chi connectivity index (χ4v) is 3.67. The normalized spacial score (nSPS) is 22.5. The molecule has 134 valence electrons. The summed E-state index contributed by atoms with van der Waals surface area (Å²) in [5, 5.41) is 10.2. The average Bonchev–Trinajstić information content (AvgIpc) is 2.63. The summed E-state index contributed by atoms with van der Waals surface area (Å²) in [6.45, 7) is 4.87. The number of β-amino-alcohol motifs (C(OH)–C–C–N with tert-alkyl or cyclic N) is 1. The molecule has 0 aromatic carbocycles. The first-order valence-electron chi connectivity index (χ1n) is 9.28. The van der Waals surface area contributed by atoms with Crippen LogP contribution < -0.4 is 0 Å². The lowest BCUT2D eigenvalue weighted by atomic mass is 9.90. The molecule has 0 aliphatic carbocycles. The molecule has 1 aromatic heterocycles. The molecule has 0 spiro atoms. The van der Waals surface area contributed by atoms with Crippen LogP contribution in [0, 0.1) is 5.92 Å². The molecule has 24 heavy (non-hydrogen) atoms. The molecular formula is C19H30N2O3. The first-order valence-corrected chi connectivity index (χ1v) is 9.28. The van der Waals surface area contributed by atoms with Gasteiger partial charge in [-0.2, -0.15) is 0 Å². The van der Waals surface area contributed by atoms with Gasteiger partial charge in [0.1, 0.15) is 0 Å². The van der Waals surface area contributed by atoms with E-state index in [1.54, 1.807) is 0 Å². The van der Waals surface area contributed by atoms with Gasteiger partial charge < -0.3 is 19.5 Å². The largest absolute Gasteiger partial charge is 0.389 e. The molecule has 2 saturated heterocycles. The summed E-state index contributed by atoms with van der Waals surface area (Å²) in [6.07, 6.45) is 9.10. The second kappa shape index (κ2) is 9.47. The van der Waals surface area contributed by atoms with E-state index < -0.39 is 0 Å². The predicted molar refractivity (Wildman–Crippen MR) is 92.9 cm³/mol. The van der Waals surface area contributed by atoms with E-state index in [1.807, 2.05) is 18.5 Å². The zero-order valence-corrected chi connectivity index (χ0v) is 14.5. The van der Waals surface area contributed by atoms with E-state index in [9.17, 15) is 5.11 Å². The summed E-state index contributed by atoms with van der Waals surface area (Å²) >= 11 is 0. The topological polar surface area (TPSA) is 54.8 Å². The van der Waals surface area contributed by atoms with Crippen molar-refractivity contribution in [2.75, 3.05) is 39.5 Å². The maximum atomic E-state index is 10.2. The molecule has 0 amide bonds. The Hall–Kier alpha value is -1.01. The van der Waals surface area contributed by atoms with Crippen LogP contribution in [0.25, 0.3) is 0 Å². The van der Waals surface area contributed by atoms with Crippen LogP contribution in [-0.4, -0.2) is 66.7 Å². The minimum atomic E-state index is -0.386. The SMILES string of the molecule is OC(COC1CCOCC1)CN1CCC(Cc2cccnc2)CC1.